The van der Waals surface area contributed by atoms with Gasteiger partial charge in [0.15, 0.2) is 0 Å². The number of hydrogen-bond donors (Lipinski definition) is 1. The molecule has 1 fully saturated rings. The Hall–Kier alpha value is -2.76. The highest BCUT2D eigenvalue weighted by atomic mass is 16.5. The molecule has 1 unspecified atom stereocenters. The number of nitrogens with zero attached hydrogens (tertiary/aromatic N) is 2. The zero-order valence-electron chi connectivity index (χ0n) is 14.9. The van der Waals surface area contributed by atoms with Crippen LogP contribution < -0.4 is 10.1 Å². The molecule has 0 spiro atoms. The summed E-state index contributed by atoms with van der Waals surface area (Å²) in [5.74, 6) is 0.413. The Kier molecular flexibility index (Phi) is 4.41. The lowest BCUT2D eigenvalue weighted by atomic mass is 9.98. The summed E-state index contributed by atoms with van der Waals surface area (Å²) < 4.78 is 7.69. The summed E-state index contributed by atoms with van der Waals surface area (Å²) in [4.78, 5) is 26.9. The monoisotopic (exact) mass is 353 g/mol. The summed E-state index contributed by atoms with van der Waals surface area (Å²) in [6, 6.07) is 11.8. The van der Waals surface area contributed by atoms with Crippen molar-refractivity contribution in [1.82, 2.24) is 14.8 Å². The van der Waals surface area contributed by atoms with Crippen molar-refractivity contribution in [3.8, 4) is 5.75 Å². The smallest absolute Gasteiger partial charge is 0.232 e. The van der Waals surface area contributed by atoms with Gasteiger partial charge in [-0.2, -0.15) is 0 Å². The maximum absolute atomic E-state index is 12.9. The molecular formula is C20H23N3O3. The van der Waals surface area contributed by atoms with Crippen molar-refractivity contribution >= 4 is 11.8 Å². The van der Waals surface area contributed by atoms with Gasteiger partial charge in [0.25, 0.3) is 0 Å². The lowest BCUT2D eigenvalue weighted by Crippen LogP contribution is -2.44. The van der Waals surface area contributed by atoms with Crippen LogP contribution in [-0.2, 0) is 16.1 Å². The second-order valence-electron chi connectivity index (χ2n) is 6.88. The molecule has 1 N–H and O–H groups in total. The van der Waals surface area contributed by atoms with Gasteiger partial charge < -0.3 is 19.5 Å². The summed E-state index contributed by atoms with van der Waals surface area (Å²) in [6.45, 7) is 1.30. The Bertz CT molecular complexity index is 825. The van der Waals surface area contributed by atoms with Gasteiger partial charge in [-0.25, -0.2) is 0 Å². The van der Waals surface area contributed by atoms with E-state index < -0.39 is 0 Å². The molecule has 4 rings (SSSR count). The summed E-state index contributed by atoms with van der Waals surface area (Å²) in [6.07, 6.45) is 3.95. The largest absolute Gasteiger partial charge is 0.496 e. The van der Waals surface area contributed by atoms with E-state index in [0.717, 1.165) is 36.4 Å². The Morgan fingerprint density at radius 3 is 2.73 bits per heavy atom. The number of hydrogen-bond acceptors (Lipinski definition) is 3. The molecule has 2 amide bonds. The van der Waals surface area contributed by atoms with Crippen LogP contribution in [0.25, 0.3) is 0 Å². The predicted octanol–water partition coefficient (Wildman–Crippen LogP) is 2.10. The van der Waals surface area contributed by atoms with Gasteiger partial charge in [-0.05, 0) is 31.0 Å². The van der Waals surface area contributed by atoms with Crippen LogP contribution >= 0.6 is 0 Å². The molecule has 136 valence electrons. The van der Waals surface area contributed by atoms with Crippen molar-refractivity contribution in [2.45, 2.75) is 37.9 Å². The third-order valence-corrected chi connectivity index (χ3v) is 5.05. The van der Waals surface area contributed by atoms with Crippen molar-refractivity contribution in [3.05, 3.63) is 53.9 Å². The molecule has 2 aromatic rings. The number of ether oxygens (including phenoxy) is 1. The molecule has 6 heteroatoms. The number of carbonyl (C=O) groups is 2. The molecule has 1 aliphatic heterocycles. The quantitative estimate of drug-likeness (QED) is 0.838. The van der Waals surface area contributed by atoms with Crippen LogP contribution in [0, 0.1) is 0 Å². The first-order chi connectivity index (χ1) is 12.7. The van der Waals surface area contributed by atoms with E-state index in [0.29, 0.717) is 6.54 Å². The third kappa shape index (κ3) is 3.19. The number of benzene rings is 1. The predicted molar refractivity (Wildman–Crippen MR) is 96.8 cm³/mol. The van der Waals surface area contributed by atoms with E-state index in [1.165, 1.54) is 0 Å². The van der Waals surface area contributed by atoms with Gasteiger partial charge in [-0.1, -0.05) is 18.2 Å². The van der Waals surface area contributed by atoms with E-state index in [-0.39, 0.29) is 30.3 Å². The molecule has 1 saturated carbocycles. The number of nitrogens with one attached hydrogen (secondary N) is 1. The van der Waals surface area contributed by atoms with E-state index in [1.54, 1.807) is 12.0 Å². The molecular weight excluding hydrogens is 330 g/mol. The van der Waals surface area contributed by atoms with Gasteiger partial charge in [-0.15, -0.1) is 0 Å². The molecule has 0 radical (unpaired) electrons. The van der Waals surface area contributed by atoms with Gasteiger partial charge in [0.2, 0.25) is 11.8 Å². The van der Waals surface area contributed by atoms with E-state index in [9.17, 15) is 9.59 Å². The second kappa shape index (κ2) is 6.86. The Morgan fingerprint density at radius 1 is 1.15 bits per heavy atom. The number of rotatable bonds is 5. The molecule has 6 nitrogen and oxygen atoms in total. The highest BCUT2D eigenvalue weighted by molar-refractivity contribution is 5.97. The standard InChI is InChI=1S/C20H23N3O3/c1-26-17-7-3-2-5-15(17)20-16-6-4-10-22(16)11-12-23(20)19(25)13-18(24)21-14-8-9-14/h2-7,10,14,20H,8-9,11-13H2,1H3,(H,21,24). The number of aromatic nitrogens is 1. The van der Waals surface area contributed by atoms with Crippen molar-refractivity contribution < 1.29 is 14.3 Å². The highest BCUT2D eigenvalue weighted by Gasteiger charge is 2.35. The van der Waals surface area contributed by atoms with Crippen LogP contribution in [0.1, 0.15) is 36.6 Å². The molecule has 1 aromatic carbocycles. The van der Waals surface area contributed by atoms with Gasteiger partial charge in [0, 0.05) is 36.6 Å². The number of amides is 2. The van der Waals surface area contributed by atoms with Crippen LogP contribution in [0.15, 0.2) is 42.6 Å². The zero-order chi connectivity index (χ0) is 18.1. The molecule has 2 aliphatic rings. The first kappa shape index (κ1) is 16.7. The van der Waals surface area contributed by atoms with Crippen molar-refractivity contribution in [3.63, 3.8) is 0 Å². The number of para-hydroxylation sites is 1. The van der Waals surface area contributed by atoms with E-state index in [1.807, 2.05) is 42.6 Å². The van der Waals surface area contributed by atoms with E-state index >= 15 is 0 Å². The molecule has 26 heavy (non-hydrogen) atoms. The first-order valence-corrected chi connectivity index (χ1v) is 9.04. The van der Waals surface area contributed by atoms with Crippen LogP contribution in [0.5, 0.6) is 5.75 Å². The lowest BCUT2D eigenvalue weighted by Gasteiger charge is -2.37. The van der Waals surface area contributed by atoms with Crippen molar-refractivity contribution in [1.29, 1.82) is 0 Å². The maximum atomic E-state index is 12.9. The highest BCUT2D eigenvalue weighted by Crippen LogP contribution is 2.37. The summed E-state index contributed by atoms with van der Waals surface area (Å²) in [7, 11) is 1.63. The minimum atomic E-state index is -0.254. The minimum absolute atomic E-state index is 0.108. The summed E-state index contributed by atoms with van der Waals surface area (Å²) in [5, 5.41) is 2.90. The van der Waals surface area contributed by atoms with Gasteiger partial charge in [0.1, 0.15) is 18.2 Å². The van der Waals surface area contributed by atoms with E-state index in [2.05, 4.69) is 9.88 Å². The molecule has 2 heterocycles. The lowest BCUT2D eigenvalue weighted by molar-refractivity contribution is -0.138. The van der Waals surface area contributed by atoms with Gasteiger partial charge in [0.05, 0.1) is 7.11 Å². The first-order valence-electron chi connectivity index (χ1n) is 9.04. The Labute approximate surface area is 152 Å². The third-order valence-electron chi connectivity index (χ3n) is 5.05. The zero-order valence-corrected chi connectivity index (χ0v) is 14.9. The molecule has 0 saturated heterocycles. The summed E-state index contributed by atoms with van der Waals surface area (Å²) in [5.41, 5.74) is 1.97. The number of fused-ring (bicyclic) bond motifs is 1. The van der Waals surface area contributed by atoms with Gasteiger partial charge in [-0.3, -0.25) is 9.59 Å². The average molecular weight is 353 g/mol. The molecule has 1 aromatic heterocycles. The fourth-order valence-corrected chi connectivity index (χ4v) is 3.62. The molecule has 0 bridgehead atoms. The molecule has 1 aliphatic carbocycles. The van der Waals surface area contributed by atoms with Crippen LogP contribution in [0.2, 0.25) is 0 Å². The minimum Gasteiger partial charge on any atom is -0.496 e. The Morgan fingerprint density at radius 2 is 1.96 bits per heavy atom. The maximum Gasteiger partial charge on any atom is 0.232 e. The van der Waals surface area contributed by atoms with Crippen molar-refractivity contribution in [2.75, 3.05) is 13.7 Å². The van der Waals surface area contributed by atoms with Crippen LogP contribution in [0.3, 0.4) is 0 Å². The SMILES string of the molecule is COc1ccccc1C1c2cccn2CCN1C(=O)CC(=O)NC1CC1. The van der Waals surface area contributed by atoms with E-state index in [4.69, 9.17) is 4.74 Å². The summed E-state index contributed by atoms with van der Waals surface area (Å²) >= 11 is 0. The average Bonchev–Trinajstić information content (AvgIpc) is 3.32. The normalized spacial score (nSPS) is 19.0. The second-order valence-corrected chi connectivity index (χ2v) is 6.88. The fraction of sp³-hybridized carbons (Fsp3) is 0.400. The van der Waals surface area contributed by atoms with Gasteiger partial charge >= 0.3 is 0 Å². The topological polar surface area (TPSA) is 63.6 Å². The van der Waals surface area contributed by atoms with Crippen LogP contribution in [0.4, 0.5) is 0 Å². The fourth-order valence-electron chi connectivity index (χ4n) is 3.62. The van der Waals surface area contributed by atoms with Crippen molar-refractivity contribution in [2.24, 2.45) is 0 Å². The number of carbonyl (C=O) groups excluding carboxylic acids is 2. The molecule has 1 atom stereocenters. The van der Waals surface area contributed by atoms with Crippen LogP contribution in [-0.4, -0.2) is 41.0 Å². The number of methoxy groups -OCH3 is 1. The Balaban J connectivity index is 1.64.